The minimum atomic E-state index is -3.72. The molecule has 2 N–H and O–H groups in total. The lowest BCUT2D eigenvalue weighted by Gasteiger charge is -2.16. The Hall–Kier alpha value is -1.04. The van der Waals surface area contributed by atoms with Gasteiger partial charge in [-0.15, -0.1) is 0 Å². The van der Waals surface area contributed by atoms with Gasteiger partial charge in [0.05, 0.1) is 5.54 Å². The van der Waals surface area contributed by atoms with Gasteiger partial charge in [0.15, 0.2) is 0 Å². The number of hydrogen-bond acceptors (Lipinski definition) is 3. The summed E-state index contributed by atoms with van der Waals surface area (Å²) in [5.74, 6) is -0.217. The van der Waals surface area contributed by atoms with E-state index >= 15 is 0 Å². The fourth-order valence-corrected chi connectivity index (χ4v) is 3.90. The van der Waals surface area contributed by atoms with Gasteiger partial charge in [-0.1, -0.05) is 29.8 Å². The molecule has 0 spiro atoms. The van der Waals surface area contributed by atoms with E-state index < -0.39 is 15.6 Å². The SMILES string of the molecule is CC1(C)NS(=O)(=O)C(c2ccccc2Cl)=C1O. The van der Waals surface area contributed by atoms with Crippen molar-refractivity contribution in [2.24, 2.45) is 0 Å². The van der Waals surface area contributed by atoms with Crippen molar-refractivity contribution in [3.63, 3.8) is 0 Å². The first kappa shape index (κ1) is 12.4. The molecule has 0 aliphatic carbocycles. The first-order valence-corrected chi connectivity index (χ1v) is 6.84. The maximum atomic E-state index is 12.0. The molecule has 0 saturated heterocycles. The first-order chi connectivity index (χ1) is 7.76. The Morgan fingerprint density at radius 2 is 1.88 bits per heavy atom. The Morgan fingerprint density at radius 3 is 2.35 bits per heavy atom. The summed E-state index contributed by atoms with van der Waals surface area (Å²) in [4.78, 5) is -0.145. The van der Waals surface area contributed by atoms with Crippen LogP contribution in [0.15, 0.2) is 30.0 Å². The van der Waals surface area contributed by atoms with E-state index in [1.54, 1.807) is 38.1 Å². The predicted octanol–water partition coefficient (Wildman–Crippen LogP) is 2.28. The Morgan fingerprint density at radius 1 is 1.29 bits per heavy atom. The first-order valence-electron chi connectivity index (χ1n) is 4.98. The molecule has 0 bridgehead atoms. The number of aliphatic hydroxyl groups excluding tert-OH is 1. The second kappa shape index (κ2) is 3.73. The van der Waals surface area contributed by atoms with Crippen LogP contribution < -0.4 is 4.72 Å². The Bertz CT molecular complexity index is 605. The molecule has 1 aliphatic rings. The van der Waals surface area contributed by atoms with E-state index in [0.29, 0.717) is 5.56 Å². The van der Waals surface area contributed by atoms with E-state index in [1.165, 1.54) is 0 Å². The lowest BCUT2D eigenvalue weighted by Crippen LogP contribution is -2.38. The van der Waals surface area contributed by atoms with Crippen molar-refractivity contribution in [1.29, 1.82) is 0 Å². The zero-order chi connectivity index (χ0) is 12.8. The van der Waals surface area contributed by atoms with Gasteiger partial charge in [-0.05, 0) is 19.9 Å². The molecule has 1 heterocycles. The fraction of sp³-hybridized carbons (Fsp3) is 0.273. The number of halogens is 1. The molecule has 1 aliphatic heterocycles. The molecule has 92 valence electrons. The standard InChI is InChI=1S/C11H12ClNO3S/c1-11(2)10(14)9(17(15,16)13-11)7-5-3-4-6-8(7)12/h3-6,13-14H,1-2H3. The zero-order valence-corrected chi connectivity index (χ0v) is 10.9. The monoisotopic (exact) mass is 273 g/mol. The number of hydrogen-bond donors (Lipinski definition) is 2. The molecule has 0 radical (unpaired) electrons. The molecule has 6 heteroatoms. The van der Waals surface area contributed by atoms with Crippen LogP contribution in [0, 0.1) is 0 Å². The van der Waals surface area contributed by atoms with Crippen molar-refractivity contribution in [3.05, 3.63) is 40.6 Å². The molecule has 4 nitrogen and oxygen atoms in total. The van der Waals surface area contributed by atoms with E-state index in [2.05, 4.69) is 4.72 Å². The molecule has 0 amide bonds. The maximum Gasteiger partial charge on any atom is 0.245 e. The molecule has 2 rings (SSSR count). The third-order valence-corrected chi connectivity index (χ3v) is 4.64. The van der Waals surface area contributed by atoms with Gasteiger partial charge in [-0.2, -0.15) is 4.72 Å². The van der Waals surface area contributed by atoms with Gasteiger partial charge in [-0.3, -0.25) is 0 Å². The highest BCUT2D eigenvalue weighted by Crippen LogP contribution is 2.38. The summed E-state index contributed by atoms with van der Waals surface area (Å²) in [6.45, 7) is 3.17. The third kappa shape index (κ3) is 1.94. The van der Waals surface area contributed by atoms with Crippen LogP contribution in [0.25, 0.3) is 4.91 Å². The molecular weight excluding hydrogens is 262 g/mol. The van der Waals surface area contributed by atoms with Crippen LogP contribution in [0.3, 0.4) is 0 Å². The van der Waals surface area contributed by atoms with Crippen molar-refractivity contribution in [1.82, 2.24) is 4.72 Å². The predicted molar refractivity (Wildman–Crippen MR) is 67.1 cm³/mol. The normalized spacial score (nSPS) is 21.8. The van der Waals surface area contributed by atoms with Crippen molar-refractivity contribution >= 4 is 26.5 Å². The van der Waals surface area contributed by atoms with Gasteiger partial charge >= 0.3 is 0 Å². The maximum absolute atomic E-state index is 12.0. The Balaban J connectivity index is 2.74. The van der Waals surface area contributed by atoms with Crippen molar-refractivity contribution in [3.8, 4) is 0 Å². The highest BCUT2D eigenvalue weighted by atomic mass is 35.5. The lowest BCUT2D eigenvalue weighted by molar-refractivity contribution is 0.319. The summed E-state index contributed by atoms with van der Waals surface area (Å²) in [6.07, 6.45) is 0. The Kier molecular flexibility index (Phi) is 2.72. The van der Waals surface area contributed by atoms with Crippen molar-refractivity contribution < 1.29 is 13.5 Å². The number of rotatable bonds is 1. The minimum Gasteiger partial charge on any atom is -0.509 e. The summed E-state index contributed by atoms with van der Waals surface area (Å²) in [6, 6.07) is 6.51. The molecule has 0 fully saturated rings. The second-order valence-corrected chi connectivity index (χ2v) is 6.41. The quantitative estimate of drug-likeness (QED) is 0.825. The lowest BCUT2D eigenvalue weighted by atomic mass is 10.0. The average molecular weight is 274 g/mol. The molecule has 17 heavy (non-hydrogen) atoms. The van der Waals surface area contributed by atoms with Gasteiger partial charge in [0.1, 0.15) is 10.7 Å². The van der Waals surface area contributed by atoms with Crippen molar-refractivity contribution in [2.75, 3.05) is 0 Å². The number of aliphatic hydroxyl groups is 1. The van der Waals surface area contributed by atoms with Gasteiger partial charge in [0.2, 0.25) is 10.0 Å². The second-order valence-electron chi connectivity index (χ2n) is 4.39. The molecule has 0 unspecified atom stereocenters. The smallest absolute Gasteiger partial charge is 0.245 e. The fourth-order valence-electron chi connectivity index (χ4n) is 1.76. The van der Waals surface area contributed by atoms with Crippen LogP contribution in [-0.4, -0.2) is 19.1 Å². The summed E-state index contributed by atoms with van der Waals surface area (Å²) in [7, 11) is -3.72. The molecule has 0 atom stereocenters. The Labute approximate surface area is 105 Å². The van der Waals surface area contributed by atoms with E-state index in [4.69, 9.17) is 11.6 Å². The molecule has 0 saturated carbocycles. The van der Waals surface area contributed by atoms with Crippen LogP contribution >= 0.6 is 11.6 Å². The van der Waals surface area contributed by atoms with E-state index in [1.807, 2.05) is 0 Å². The van der Waals surface area contributed by atoms with E-state index in [9.17, 15) is 13.5 Å². The van der Waals surface area contributed by atoms with Crippen LogP contribution in [0.1, 0.15) is 19.4 Å². The largest absolute Gasteiger partial charge is 0.509 e. The average Bonchev–Trinajstić information content (AvgIpc) is 2.34. The van der Waals surface area contributed by atoms with Gasteiger partial charge in [0, 0.05) is 10.6 Å². The summed E-state index contributed by atoms with van der Waals surface area (Å²) in [5.41, 5.74) is -0.697. The summed E-state index contributed by atoms with van der Waals surface area (Å²) < 4.78 is 26.3. The van der Waals surface area contributed by atoms with E-state index in [-0.39, 0.29) is 15.7 Å². The molecule has 0 aromatic heterocycles. The number of benzene rings is 1. The van der Waals surface area contributed by atoms with Gasteiger partial charge in [-0.25, -0.2) is 8.42 Å². The van der Waals surface area contributed by atoms with Crippen LogP contribution in [0.2, 0.25) is 5.02 Å². The number of sulfonamides is 1. The highest BCUT2D eigenvalue weighted by Gasteiger charge is 2.43. The molecular formula is C11H12ClNO3S. The van der Waals surface area contributed by atoms with Gasteiger partial charge < -0.3 is 5.11 Å². The summed E-state index contributed by atoms with van der Waals surface area (Å²) >= 11 is 5.95. The van der Waals surface area contributed by atoms with Gasteiger partial charge in [0.25, 0.3) is 0 Å². The third-order valence-electron chi connectivity index (χ3n) is 2.58. The van der Waals surface area contributed by atoms with Crippen LogP contribution in [0.5, 0.6) is 0 Å². The summed E-state index contributed by atoms with van der Waals surface area (Å²) in [5, 5.41) is 10.3. The zero-order valence-electron chi connectivity index (χ0n) is 9.36. The van der Waals surface area contributed by atoms with E-state index in [0.717, 1.165) is 0 Å². The van der Waals surface area contributed by atoms with Crippen LogP contribution in [-0.2, 0) is 10.0 Å². The van der Waals surface area contributed by atoms with Crippen LogP contribution in [0.4, 0.5) is 0 Å². The minimum absolute atomic E-state index is 0.145. The van der Waals surface area contributed by atoms with Crippen molar-refractivity contribution in [2.45, 2.75) is 19.4 Å². The topological polar surface area (TPSA) is 66.4 Å². The molecule has 1 aromatic carbocycles. The number of nitrogens with one attached hydrogen (secondary N) is 1. The molecule has 1 aromatic rings. The highest BCUT2D eigenvalue weighted by molar-refractivity contribution is 7.99.